The number of para-hydroxylation sites is 3. The molecule has 0 aliphatic carbocycles. The van der Waals surface area contributed by atoms with Crippen LogP contribution in [-0.2, 0) is 0 Å². The van der Waals surface area contributed by atoms with E-state index >= 15 is 0 Å². The van der Waals surface area contributed by atoms with Gasteiger partial charge in [0.1, 0.15) is 5.69 Å². The number of amides is 1. The Labute approximate surface area is 145 Å². The van der Waals surface area contributed by atoms with E-state index in [4.69, 9.17) is 5.73 Å². The molecule has 1 heterocycles. The van der Waals surface area contributed by atoms with Gasteiger partial charge in [-0.3, -0.25) is 4.79 Å². The summed E-state index contributed by atoms with van der Waals surface area (Å²) < 4.78 is 0. The number of hydrogen-bond donors (Lipinski definition) is 3. The minimum atomic E-state index is -0.215. The minimum absolute atomic E-state index is 0.215. The first-order valence-corrected chi connectivity index (χ1v) is 8.06. The van der Waals surface area contributed by atoms with E-state index in [1.54, 1.807) is 12.1 Å². The van der Waals surface area contributed by atoms with Crippen LogP contribution in [0.1, 0.15) is 10.5 Å². The van der Waals surface area contributed by atoms with Crippen molar-refractivity contribution in [2.45, 2.75) is 0 Å². The van der Waals surface area contributed by atoms with Gasteiger partial charge in [-0.1, -0.05) is 60.7 Å². The maximum atomic E-state index is 12.9. The highest BCUT2D eigenvalue weighted by Gasteiger charge is 2.19. The molecule has 1 amide bonds. The second-order valence-electron chi connectivity index (χ2n) is 5.83. The van der Waals surface area contributed by atoms with Gasteiger partial charge in [-0.15, -0.1) is 0 Å². The van der Waals surface area contributed by atoms with Crippen molar-refractivity contribution in [1.29, 1.82) is 0 Å². The number of nitrogens with two attached hydrogens (primary N) is 1. The molecule has 0 bridgehead atoms. The van der Waals surface area contributed by atoms with Gasteiger partial charge in [0, 0.05) is 16.5 Å². The molecule has 0 radical (unpaired) electrons. The highest BCUT2D eigenvalue weighted by molar-refractivity contribution is 6.14. The third-order valence-corrected chi connectivity index (χ3v) is 4.20. The number of nitrogens with one attached hydrogen (secondary N) is 2. The van der Waals surface area contributed by atoms with Gasteiger partial charge < -0.3 is 16.0 Å². The number of H-pyrrole nitrogens is 1. The number of aromatic amines is 1. The van der Waals surface area contributed by atoms with Gasteiger partial charge >= 0.3 is 0 Å². The maximum Gasteiger partial charge on any atom is 0.272 e. The van der Waals surface area contributed by atoms with Crippen molar-refractivity contribution in [3.8, 4) is 11.1 Å². The summed E-state index contributed by atoms with van der Waals surface area (Å²) >= 11 is 0. The average Bonchev–Trinajstić information content (AvgIpc) is 3.04. The number of carbonyl (C=O) groups excluding carboxylic acids is 1. The van der Waals surface area contributed by atoms with E-state index in [1.807, 2.05) is 66.7 Å². The first-order chi connectivity index (χ1) is 12.2. The van der Waals surface area contributed by atoms with Gasteiger partial charge in [-0.05, 0) is 23.8 Å². The van der Waals surface area contributed by atoms with Crippen molar-refractivity contribution in [1.82, 2.24) is 4.98 Å². The molecule has 3 aromatic carbocycles. The third-order valence-electron chi connectivity index (χ3n) is 4.20. The van der Waals surface area contributed by atoms with Crippen molar-refractivity contribution in [2.75, 3.05) is 11.1 Å². The first kappa shape index (κ1) is 15.0. The van der Waals surface area contributed by atoms with Crippen LogP contribution in [-0.4, -0.2) is 10.9 Å². The molecule has 1 aromatic heterocycles. The maximum absolute atomic E-state index is 12.9. The molecule has 0 saturated heterocycles. The topological polar surface area (TPSA) is 70.9 Å². The third kappa shape index (κ3) is 2.74. The number of aromatic nitrogens is 1. The number of carbonyl (C=O) groups is 1. The van der Waals surface area contributed by atoms with Crippen LogP contribution in [0.2, 0.25) is 0 Å². The largest absolute Gasteiger partial charge is 0.397 e. The molecule has 4 heteroatoms. The fraction of sp³-hybridized carbons (Fsp3) is 0. The van der Waals surface area contributed by atoms with E-state index in [9.17, 15) is 4.79 Å². The second-order valence-corrected chi connectivity index (χ2v) is 5.83. The lowest BCUT2D eigenvalue weighted by molar-refractivity contribution is 0.102. The monoisotopic (exact) mass is 327 g/mol. The standard InChI is InChI=1S/C21H17N3O/c22-16-11-5-7-13-18(16)24-21(25)20-19(14-8-2-1-3-9-14)15-10-4-6-12-17(15)23-20/h1-13,23H,22H2,(H,24,25). The van der Waals surface area contributed by atoms with E-state index in [0.717, 1.165) is 22.0 Å². The highest BCUT2D eigenvalue weighted by atomic mass is 16.1. The Balaban J connectivity index is 1.84. The zero-order valence-electron chi connectivity index (χ0n) is 13.5. The Morgan fingerprint density at radius 3 is 2.32 bits per heavy atom. The van der Waals surface area contributed by atoms with Gasteiger partial charge in [0.2, 0.25) is 0 Å². The molecular formula is C21H17N3O. The molecule has 4 nitrogen and oxygen atoms in total. The molecular weight excluding hydrogens is 310 g/mol. The van der Waals surface area contributed by atoms with E-state index in [1.165, 1.54) is 0 Å². The number of rotatable bonds is 3. The van der Waals surface area contributed by atoms with Crippen LogP contribution in [0, 0.1) is 0 Å². The number of fused-ring (bicyclic) bond motifs is 1. The molecule has 25 heavy (non-hydrogen) atoms. The van der Waals surface area contributed by atoms with E-state index in [-0.39, 0.29) is 5.91 Å². The Hall–Kier alpha value is -3.53. The molecule has 0 atom stereocenters. The quantitative estimate of drug-likeness (QED) is 0.479. The Morgan fingerprint density at radius 2 is 1.52 bits per heavy atom. The SMILES string of the molecule is Nc1ccccc1NC(=O)c1[nH]c2ccccc2c1-c1ccccc1. The summed E-state index contributed by atoms with van der Waals surface area (Å²) in [6.07, 6.45) is 0. The van der Waals surface area contributed by atoms with Gasteiger partial charge in [0.15, 0.2) is 0 Å². The number of benzene rings is 3. The van der Waals surface area contributed by atoms with Gasteiger partial charge in [-0.25, -0.2) is 0 Å². The van der Waals surface area contributed by atoms with Crippen molar-refractivity contribution in [2.24, 2.45) is 0 Å². The molecule has 0 aliphatic heterocycles. The van der Waals surface area contributed by atoms with Crippen LogP contribution >= 0.6 is 0 Å². The molecule has 0 unspecified atom stereocenters. The average molecular weight is 327 g/mol. The van der Waals surface area contributed by atoms with Gasteiger partial charge in [0.05, 0.1) is 11.4 Å². The lowest BCUT2D eigenvalue weighted by Gasteiger charge is -2.09. The molecule has 0 spiro atoms. The van der Waals surface area contributed by atoms with E-state index in [0.29, 0.717) is 17.1 Å². The van der Waals surface area contributed by atoms with Crippen LogP contribution < -0.4 is 11.1 Å². The van der Waals surface area contributed by atoms with Crippen LogP contribution in [0.25, 0.3) is 22.0 Å². The predicted octanol–water partition coefficient (Wildman–Crippen LogP) is 4.67. The fourth-order valence-corrected chi connectivity index (χ4v) is 3.01. The molecule has 122 valence electrons. The van der Waals surface area contributed by atoms with Crippen molar-refractivity contribution in [3.05, 3.63) is 84.6 Å². The molecule has 0 fully saturated rings. The Morgan fingerprint density at radius 1 is 0.840 bits per heavy atom. The first-order valence-electron chi connectivity index (χ1n) is 8.06. The number of nitrogen functional groups attached to an aromatic ring is 1. The summed E-state index contributed by atoms with van der Waals surface area (Å²) in [6, 6.07) is 25.0. The summed E-state index contributed by atoms with van der Waals surface area (Å²) in [6.45, 7) is 0. The number of hydrogen-bond acceptors (Lipinski definition) is 2. The zero-order chi connectivity index (χ0) is 17.2. The van der Waals surface area contributed by atoms with Crippen LogP contribution in [0.4, 0.5) is 11.4 Å². The minimum Gasteiger partial charge on any atom is -0.397 e. The molecule has 4 N–H and O–H groups in total. The van der Waals surface area contributed by atoms with Crippen LogP contribution in [0.3, 0.4) is 0 Å². The smallest absolute Gasteiger partial charge is 0.272 e. The summed E-state index contributed by atoms with van der Waals surface area (Å²) in [5.74, 6) is -0.215. The fourth-order valence-electron chi connectivity index (χ4n) is 3.01. The van der Waals surface area contributed by atoms with E-state index < -0.39 is 0 Å². The molecule has 4 rings (SSSR count). The second kappa shape index (κ2) is 6.17. The van der Waals surface area contributed by atoms with E-state index in [2.05, 4.69) is 10.3 Å². The predicted molar refractivity (Wildman–Crippen MR) is 103 cm³/mol. The molecule has 4 aromatic rings. The van der Waals surface area contributed by atoms with Crippen molar-refractivity contribution >= 4 is 28.2 Å². The summed E-state index contributed by atoms with van der Waals surface area (Å²) in [5, 5.41) is 3.92. The van der Waals surface area contributed by atoms with Crippen molar-refractivity contribution in [3.63, 3.8) is 0 Å². The summed E-state index contributed by atoms with van der Waals surface area (Å²) in [7, 11) is 0. The van der Waals surface area contributed by atoms with Crippen molar-refractivity contribution < 1.29 is 4.79 Å². The summed E-state index contributed by atoms with van der Waals surface area (Å²) in [4.78, 5) is 16.2. The Kier molecular flexibility index (Phi) is 3.71. The lowest BCUT2D eigenvalue weighted by Crippen LogP contribution is -2.14. The highest BCUT2D eigenvalue weighted by Crippen LogP contribution is 2.33. The number of anilines is 2. The van der Waals surface area contributed by atoms with Gasteiger partial charge in [0.25, 0.3) is 5.91 Å². The zero-order valence-corrected chi connectivity index (χ0v) is 13.5. The van der Waals surface area contributed by atoms with Crippen LogP contribution in [0.5, 0.6) is 0 Å². The lowest BCUT2D eigenvalue weighted by atomic mass is 10.0. The van der Waals surface area contributed by atoms with Gasteiger partial charge in [-0.2, -0.15) is 0 Å². The Bertz CT molecular complexity index is 1050. The molecule has 0 saturated carbocycles. The van der Waals surface area contributed by atoms with Crippen LogP contribution in [0.15, 0.2) is 78.9 Å². The summed E-state index contributed by atoms with van der Waals surface area (Å²) in [5.41, 5.74) is 10.4. The normalized spacial score (nSPS) is 10.7. The molecule has 0 aliphatic rings.